The van der Waals surface area contributed by atoms with Gasteiger partial charge in [0.1, 0.15) is 0 Å². The van der Waals surface area contributed by atoms with E-state index in [2.05, 4.69) is 5.32 Å². The first-order valence-electron chi connectivity index (χ1n) is 8.23. The Bertz CT molecular complexity index is 1040. The number of nitrogens with two attached hydrogens (primary N) is 1. The van der Waals surface area contributed by atoms with Gasteiger partial charge in [-0.3, -0.25) is 4.79 Å². The van der Waals surface area contributed by atoms with E-state index in [1.165, 1.54) is 12.1 Å². The van der Waals surface area contributed by atoms with Crippen LogP contribution >= 0.6 is 0 Å². The van der Waals surface area contributed by atoms with Crippen molar-refractivity contribution in [3.63, 3.8) is 0 Å². The molecular weight excluding hydrogens is 348 g/mol. The molecule has 6 heteroatoms. The number of amides is 1. The lowest BCUT2D eigenvalue weighted by atomic mass is 10.0. The zero-order valence-corrected chi connectivity index (χ0v) is 15.2. The lowest BCUT2D eigenvalue weighted by molar-refractivity contribution is -0.121. The molecule has 134 valence electrons. The standard InChI is InChI=1S/C20H20N2O3S/c1-14(15-9-11-18(12-10-15)26(21,24)25)22-20(23)13-17-7-4-6-16-5-2-3-8-19(16)17/h2-12,14H,13H2,1H3,(H,22,23)(H2,21,24,25). The molecule has 0 aliphatic heterocycles. The van der Waals surface area contributed by atoms with Crippen LogP contribution in [0.2, 0.25) is 0 Å². The van der Waals surface area contributed by atoms with Crippen LogP contribution in [0, 0.1) is 0 Å². The summed E-state index contributed by atoms with van der Waals surface area (Å²) in [6, 6.07) is 19.8. The average Bonchev–Trinajstić information content (AvgIpc) is 2.61. The zero-order chi connectivity index (χ0) is 18.7. The number of sulfonamides is 1. The Labute approximate surface area is 152 Å². The topological polar surface area (TPSA) is 89.3 Å². The highest BCUT2D eigenvalue weighted by Crippen LogP contribution is 2.20. The first-order valence-corrected chi connectivity index (χ1v) is 9.78. The monoisotopic (exact) mass is 368 g/mol. The predicted octanol–water partition coefficient (Wildman–Crippen LogP) is 2.91. The number of nitrogens with one attached hydrogen (secondary N) is 1. The summed E-state index contributed by atoms with van der Waals surface area (Å²) in [6.07, 6.45) is 0.279. The van der Waals surface area contributed by atoms with Crippen LogP contribution in [0.4, 0.5) is 0 Å². The molecule has 3 N–H and O–H groups in total. The van der Waals surface area contributed by atoms with Gasteiger partial charge < -0.3 is 5.32 Å². The molecule has 1 atom stereocenters. The van der Waals surface area contributed by atoms with Crippen molar-refractivity contribution < 1.29 is 13.2 Å². The molecule has 3 aromatic rings. The fourth-order valence-corrected chi connectivity index (χ4v) is 3.46. The van der Waals surface area contributed by atoms with Crippen LogP contribution in [0.1, 0.15) is 24.1 Å². The third-order valence-corrected chi connectivity index (χ3v) is 5.25. The molecule has 26 heavy (non-hydrogen) atoms. The summed E-state index contributed by atoms with van der Waals surface area (Å²) in [5.74, 6) is -0.0932. The van der Waals surface area contributed by atoms with Crippen molar-refractivity contribution in [1.29, 1.82) is 0 Å². The first-order chi connectivity index (χ1) is 12.3. The highest BCUT2D eigenvalue weighted by atomic mass is 32.2. The van der Waals surface area contributed by atoms with Crippen molar-refractivity contribution in [1.82, 2.24) is 5.32 Å². The van der Waals surface area contributed by atoms with Crippen LogP contribution in [-0.4, -0.2) is 14.3 Å². The van der Waals surface area contributed by atoms with Gasteiger partial charge in [-0.1, -0.05) is 54.6 Å². The van der Waals surface area contributed by atoms with Crippen LogP contribution in [0.5, 0.6) is 0 Å². The molecule has 1 unspecified atom stereocenters. The van der Waals surface area contributed by atoms with Crippen molar-refractivity contribution in [2.75, 3.05) is 0 Å². The number of benzene rings is 3. The fraction of sp³-hybridized carbons (Fsp3) is 0.150. The van der Waals surface area contributed by atoms with Gasteiger partial charge in [-0.2, -0.15) is 0 Å². The number of fused-ring (bicyclic) bond motifs is 1. The van der Waals surface area contributed by atoms with Crippen LogP contribution in [0.15, 0.2) is 71.6 Å². The zero-order valence-electron chi connectivity index (χ0n) is 14.3. The molecule has 5 nitrogen and oxygen atoms in total. The summed E-state index contributed by atoms with van der Waals surface area (Å²) in [5, 5.41) is 10.2. The maximum Gasteiger partial charge on any atom is 0.238 e. The van der Waals surface area contributed by atoms with Gasteiger partial charge in [-0.15, -0.1) is 0 Å². The van der Waals surface area contributed by atoms with Gasteiger partial charge in [0.15, 0.2) is 0 Å². The van der Waals surface area contributed by atoms with E-state index in [0.717, 1.165) is 21.9 Å². The van der Waals surface area contributed by atoms with Crippen molar-refractivity contribution >= 4 is 26.7 Å². The summed E-state index contributed by atoms with van der Waals surface area (Å²) in [7, 11) is -3.72. The van der Waals surface area contributed by atoms with Gasteiger partial charge in [-0.05, 0) is 41.0 Å². The second-order valence-corrected chi connectivity index (χ2v) is 7.78. The summed E-state index contributed by atoms with van der Waals surface area (Å²) in [5.41, 5.74) is 1.78. The number of hydrogen-bond acceptors (Lipinski definition) is 3. The Hall–Kier alpha value is -2.70. The van der Waals surface area contributed by atoms with E-state index >= 15 is 0 Å². The number of hydrogen-bond donors (Lipinski definition) is 2. The third-order valence-electron chi connectivity index (χ3n) is 4.32. The van der Waals surface area contributed by atoms with Crippen LogP contribution in [0.3, 0.4) is 0 Å². The van der Waals surface area contributed by atoms with E-state index in [9.17, 15) is 13.2 Å². The van der Waals surface area contributed by atoms with Gasteiger partial charge in [-0.25, -0.2) is 13.6 Å². The maximum atomic E-state index is 12.4. The van der Waals surface area contributed by atoms with Gasteiger partial charge >= 0.3 is 0 Å². The smallest absolute Gasteiger partial charge is 0.238 e. The van der Waals surface area contributed by atoms with Crippen molar-refractivity contribution in [3.05, 3.63) is 77.9 Å². The highest BCUT2D eigenvalue weighted by Gasteiger charge is 2.13. The maximum absolute atomic E-state index is 12.4. The fourth-order valence-electron chi connectivity index (χ4n) is 2.94. The molecular formula is C20H20N2O3S. The summed E-state index contributed by atoms with van der Waals surface area (Å²) in [6.45, 7) is 1.85. The van der Waals surface area contributed by atoms with Gasteiger partial charge in [0.05, 0.1) is 17.4 Å². The largest absolute Gasteiger partial charge is 0.349 e. The predicted molar refractivity (Wildman–Crippen MR) is 102 cm³/mol. The normalized spacial score (nSPS) is 12.7. The Morgan fingerprint density at radius 1 is 1.00 bits per heavy atom. The van der Waals surface area contributed by atoms with Gasteiger partial charge in [0, 0.05) is 0 Å². The molecule has 0 saturated heterocycles. The lowest BCUT2D eigenvalue weighted by Crippen LogP contribution is -2.28. The molecule has 0 spiro atoms. The highest BCUT2D eigenvalue weighted by molar-refractivity contribution is 7.89. The number of carbonyl (C=O) groups is 1. The number of rotatable bonds is 5. The SMILES string of the molecule is CC(NC(=O)Cc1cccc2ccccc12)c1ccc(S(N)(=O)=O)cc1. The second-order valence-electron chi connectivity index (χ2n) is 6.22. The molecule has 0 aliphatic rings. The molecule has 1 amide bonds. The molecule has 0 saturated carbocycles. The van der Waals surface area contributed by atoms with Crippen molar-refractivity contribution in [3.8, 4) is 0 Å². The molecule has 3 rings (SSSR count). The Morgan fingerprint density at radius 3 is 2.35 bits per heavy atom. The third kappa shape index (κ3) is 4.09. The molecule has 0 heterocycles. The minimum absolute atomic E-state index is 0.0514. The Kier molecular flexibility index (Phi) is 5.06. The van der Waals surface area contributed by atoms with Crippen LogP contribution in [0.25, 0.3) is 10.8 Å². The van der Waals surface area contributed by atoms with Crippen molar-refractivity contribution in [2.45, 2.75) is 24.3 Å². The molecule has 0 radical (unpaired) electrons. The molecule has 0 aromatic heterocycles. The summed E-state index contributed by atoms with van der Waals surface area (Å²) < 4.78 is 22.6. The molecule has 0 bridgehead atoms. The average molecular weight is 368 g/mol. The quantitative estimate of drug-likeness (QED) is 0.726. The Morgan fingerprint density at radius 2 is 1.65 bits per heavy atom. The lowest BCUT2D eigenvalue weighted by Gasteiger charge is -2.15. The van der Waals surface area contributed by atoms with E-state index in [1.54, 1.807) is 12.1 Å². The second kappa shape index (κ2) is 7.27. The Balaban J connectivity index is 1.71. The first kappa shape index (κ1) is 18.1. The molecule has 0 fully saturated rings. The minimum Gasteiger partial charge on any atom is -0.349 e. The minimum atomic E-state index is -3.72. The van der Waals surface area contributed by atoms with E-state index < -0.39 is 10.0 Å². The summed E-state index contributed by atoms with van der Waals surface area (Å²) >= 11 is 0. The van der Waals surface area contributed by atoms with E-state index in [-0.39, 0.29) is 23.3 Å². The van der Waals surface area contributed by atoms with E-state index in [0.29, 0.717) is 0 Å². The summed E-state index contributed by atoms with van der Waals surface area (Å²) in [4.78, 5) is 12.5. The van der Waals surface area contributed by atoms with Crippen molar-refractivity contribution in [2.24, 2.45) is 5.14 Å². The van der Waals surface area contributed by atoms with Gasteiger partial charge in [0.2, 0.25) is 15.9 Å². The molecule has 3 aromatic carbocycles. The van der Waals surface area contributed by atoms with Crippen LogP contribution < -0.4 is 10.5 Å². The number of carbonyl (C=O) groups excluding carboxylic acids is 1. The van der Waals surface area contributed by atoms with Crippen LogP contribution in [-0.2, 0) is 21.2 Å². The molecule has 0 aliphatic carbocycles. The van der Waals surface area contributed by atoms with E-state index in [1.807, 2.05) is 49.4 Å². The van der Waals surface area contributed by atoms with E-state index in [4.69, 9.17) is 5.14 Å². The number of primary sulfonamides is 1. The van der Waals surface area contributed by atoms with Gasteiger partial charge in [0.25, 0.3) is 0 Å².